The topological polar surface area (TPSA) is 58.6 Å². The standard InChI is InChI=1S/C16H25NO3/c1-4-8-13(2)11-20-12-16(17-3,15(18)19)14-9-6-5-7-10-14/h5-7,9-10,13,17H,4,8,11-12H2,1-3H3,(H,18,19). The van der Waals surface area contributed by atoms with Crippen molar-refractivity contribution in [2.75, 3.05) is 20.3 Å². The van der Waals surface area contributed by atoms with Gasteiger partial charge in [-0.25, -0.2) is 4.79 Å². The molecular weight excluding hydrogens is 254 g/mol. The molecule has 0 saturated carbocycles. The Bertz CT molecular complexity index is 407. The predicted octanol–water partition coefficient (Wildman–Crippen LogP) is 2.64. The largest absolute Gasteiger partial charge is 0.480 e. The summed E-state index contributed by atoms with van der Waals surface area (Å²) < 4.78 is 5.68. The first-order valence-electron chi connectivity index (χ1n) is 7.12. The summed E-state index contributed by atoms with van der Waals surface area (Å²) in [5, 5.41) is 12.5. The molecule has 1 aromatic carbocycles. The minimum absolute atomic E-state index is 0.122. The number of rotatable bonds is 9. The quantitative estimate of drug-likeness (QED) is 0.729. The SMILES string of the molecule is CCCC(C)COCC(NC)(C(=O)O)c1ccccc1. The number of hydrogen-bond donors (Lipinski definition) is 2. The van der Waals surface area contributed by atoms with Crippen LogP contribution in [0.5, 0.6) is 0 Å². The molecule has 0 aliphatic carbocycles. The second-order valence-corrected chi connectivity index (χ2v) is 5.24. The molecular formula is C16H25NO3. The lowest BCUT2D eigenvalue weighted by atomic mass is 9.91. The molecule has 0 aliphatic rings. The number of nitrogens with one attached hydrogen (secondary N) is 1. The van der Waals surface area contributed by atoms with Crippen LogP contribution in [0.4, 0.5) is 0 Å². The minimum atomic E-state index is -1.19. The summed E-state index contributed by atoms with van der Waals surface area (Å²) in [6.45, 7) is 4.96. The maximum Gasteiger partial charge on any atom is 0.330 e. The molecule has 0 aromatic heterocycles. The molecule has 0 aliphatic heterocycles. The number of aliphatic carboxylic acids is 1. The highest BCUT2D eigenvalue weighted by molar-refractivity contribution is 5.81. The Morgan fingerprint density at radius 3 is 2.55 bits per heavy atom. The van der Waals surface area contributed by atoms with Crippen LogP contribution in [-0.2, 0) is 15.1 Å². The van der Waals surface area contributed by atoms with E-state index in [4.69, 9.17) is 4.74 Å². The number of hydrogen-bond acceptors (Lipinski definition) is 3. The van der Waals surface area contributed by atoms with Crippen molar-refractivity contribution >= 4 is 5.97 Å². The normalized spacial score (nSPS) is 15.6. The molecule has 0 amide bonds. The van der Waals surface area contributed by atoms with Gasteiger partial charge in [-0.15, -0.1) is 0 Å². The van der Waals surface area contributed by atoms with Gasteiger partial charge in [0, 0.05) is 6.61 Å². The Kier molecular flexibility index (Phi) is 6.68. The van der Waals surface area contributed by atoms with Gasteiger partial charge in [-0.1, -0.05) is 50.6 Å². The van der Waals surface area contributed by atoms with Crippen LogP contribution >= 0.6 is 0 Å². The van der Waals surface area contributed by atoms with Gasteiger partial charge in [0.1, 0.15) is 0 Å². The lowest BCUT2D eigenvalue weighted by Crippen LogP contribution is -2.51. The second kappa shape index (κ2) is 8.02. The van der Waals surface area contributed by atoms with Crippen molar-refractivity contribution in [3.63, 3.8) is 0 Å². The second-order valence-electron chi connectivity index (χ2n) is 5.24. The van der Waals surface area contributed by atoms with E-state index in [2.05, 4.69) is 19.2 Å². The molecule has 2 N–H and O–H groups in total. The van der Waals surface area contributed by atoms with E-state index in [0.717, 1.165) is 12.8 Å². The van der Waals surface area contributed by atoms with Gasteiger partial charge in [0.15, 0.2) is 5.54 Å². The molecule has 0 bridgehead atoms. The predicted molar refractivity (Wildman–Crippen MR) is 79.7 cm³/mol. The fourth-order valence-corrected chi connectivity index (χ4v) is 2.30. The lowest BCUT2D eigenvalue weighted by molar-refractivity contribution is -0.148. The van der Waals surface area contributed by atoms with Gasteiger partial charge < -0.3 is 9.84 Å². The zero-order valence-corrected chi connectivity index (χ0v) is 12.6. The highest BCUT2D eigenvalue weighted by atomic mass is 16.5. The van der Waals surface area contributed by atoms with E-state index in [-0.39, 0.29) is 6.61 Å². The van der Waals surface area contributed by atoms with Gasteiger partial charge in [-0.3, -0.25) is 5.32 Å². The Morgan fingerprint density at radius 2 is 2.05 bits per heavy atom. The first-order valence-corrected chi connectivity index (χ1v) is 7.12. The Labute approximate surface area is 121 Å². The summed E-state index contributed by atoms with van der Waals surface area (Å²) in [6, 6.07) is 9.16. The minimum Gasteiger partial charge on any atom is -0.480 e. The molecule has 0 heterocycles. The molecule has 4 heteroatoms. The molecule has 1 aromatic rings. The summed E-state index contributed by atoms with van der Waals surface area (Å²) >= 11 is 0. The summed E-state index contributed by atoms with van der Waals surface area (Å²) in [5.41, 5.74) is -0.481. The van der Waals surface area contributed by atoms with Crippen molar-refractivity contribution in [3.8, 4) is 0 Å². The van der Waals surface area contributed by atoms with Crippen LogP contribution in [-0.4, -0.2) is 31.3 Å². The van der Waals surface area contributed by atoms with E-state index < -0.39 is 11.5 Å². The fourth-order valence-electron chi connectivity index (χ4n) is 2.30. The number of likely N-dealkylation sites (N-methyl/N-ethyl adjacent to an activating group) is 1. The van der Waals surface area contributed by atoms with E-state index in [9.17, 15) is 9.90 Å². The number of ether oxygens (including phenoxy) is 1. The van der Waals surface area contributed by atoms with E-state index in [1.165, 1.54) is 0 Å². The average molecular weight is 279 g/mol. The molecule has 112 valence electrons. The van der Waals surface area contributed by atoms with Crippen LogP contribution in [0.25, 0.3) is 0 Å². The third kappa shape index (κ3) is 4.05. The van der Waals surface area contributed by atoms with Gasteiger partial charge >= 0.3 is 5.97 Å². The van der Waals surface area contributed by atoms with Crippen LogP contribution in [0.15, 0.2) is 30.3 Å². The highest BCUT2D eigenvalue weighted by Crippen LogP contribution is 2.22. The molecule has 2 atom stereocenters. The lowest BCUT2D eigenvalue weighted by Gasteiger charge is -2.29. The average Bonchev–Trinajstić information content (AvgIpc) is 2.45. The van der Waals surface area contributed by atoms with Gasteiger partial charge in [-0.2, -0.15) is 0 Å². The van der Waals surface area contributed by atoms with Crippen LogP contribution < -0.4 is 5.32 Å². The fraction of sp³-hybridized carbons (Fsp3) is 0.562. The van der Waals surface area contributed by atoms with Crippen molar-refractivity contribution in [2.24, 2.45) is 5.92 Å². The summed E-state index contributed by atoms with van der Waals surface area (Å²) in [4.78, 5) is 11.7. The highest BCUT2D eigenvalue weighted by Gasteiger charge is 2.39. The molecule has 1 rings (SSSR count). The Hall–Kier alpha value is -1.39. The van der Waals surface area contributed by atoms with Gasteiger partial charge in [0.25, 0.3) is 0 Å². The van der Waals surface area contributed by atoms with Crippen LogP contribution in [0.3, 0.4) is 0 Å². The van der Waals surface area contributed by atoms with Crippen LogP contribution in [0, 0.1) is 5.92 Å². The Balaban J connectivity index is 2.78. The third-order valence-corrected chi connectivity index (χ3v) is 3.56. The van der Waals surface area contributed by atoms with Crippen LogP contribution in [0.1, 0.15) is 32.3 Å². The maximum absolute atomic E-state index is 11.7. The molecule has 0 spiro atoms. The van der Waals surface area contributed by atoms with E-state index in [1.54, 1.807) is 7.05 Å². The molecule has 20 heavy (non-hydrogen) atoms. The first kappa shape index (κ1) is 16.7. The summed E-state index contributed by atoms with van der Waals surface area (Å²) in [6.07, 6.45) is 2.20. The molecule has 0 fully saturated rings. The van der Waals surface area contributed by atoms with Crippen molar-refractivity contribution in [1.82, 2.24) is 5.32 Å². The monoisotopic (exact) mass is 279 g/mol. The number of carboxylic acids is 1. The first-order chi connectivity index (χ1) is 9.56. The van der Waals surface area contributed by atoms with Crippen molar-refractivity contribution < 1.29 is 14.6 Å². The summed E-state index contributed by atoms with van der Waals surface area (Å²) in [7, 11) is 1.65. The maximum atomic E-state index is 11.7. The van der Waals surface area contributed by atoms with Crippen LogP contribution in [0.2, 0.25) is 0 Å². The molecule has 4 nitrogen and oxygen atoms in total. The summed E-state index contributed by atoms with van der Waals surface area (Å²) in [5.74, 6) is -0.478. The van der Waals surface area contributed by atoms with Crippen molar-refractivity contribution in [3.05, 3.63) is 35.9 Å². The van der Waals surface area contributed by atoms with Gasteiger partial charge in [-0.05, 0) is 24.9 Å². The smallest absolute Gasteiger partial charge is 0.330 e. The molecule has 0 radical (unpaired) electrons. The van der Waals surface area contributed by atoms with Crippen molar-refractivity contribution in [2.45, 2.75) is 32.2 Å². The molecule has 2 unspecified atom stereocenters. The van der Waals surface area contributed by atoms with Gasteiger partial charge in [0.2, 0.25) is 0 Å². The zero-order valence-electron chi connectivity index (χ0n) is 12.6. The van der Waals surface area contributed by atoms with Gasteiger partial charge in [0.05, 0.1) is 6.61 Å². The molecule has 0 saturated heterocycles. The number of carbonyl (C=O) groups is 1. The van der Waals surface area contributed by atoms with E-state index in [0.29, 0.717) is 18.1 Å². The number of benzene rings is 1. The third-order valence-electron chi connectivity index (χ3n) is 3.56. The zero-order chi connectivity index (χ0) is 15.0. The van der Waals surface area contributed by atoms with E-state index in [1.807, 2.05) is 30.3 Å². The van der Waals surface area contributed by atoms with Crippen molar-refractivity contribution in [1.29, 1.82) is 0 Å². The van der Waals surface area contributed by atoms with E-state index >= 15 is 0 Å². The number of carboxylic acid groups (broad SMARTS) is 1. The Morgan fingerprint density at radius 1 is 1.40 bits per heavy atom.